The Balaban J connectivity index is 0.00000112. The molecule has 1 saturated heterocycles. The minimum atomic E-state index is -0.544. The Morgan fingerprint density at radius 1 is 1.40 bits per heavy atom. The van der Waals surface area contributed by atoms with Gasteiger partial charge in [-0.3, -0.25) is 0 Å². The van der Waals surface area contributed by atoms with E-state index in [1.54, 1.807) is 6.07 Å². The van der Waals surface area contributed by atoms with Gasteiger partial charge in [0.1, 0.15) is 0 Å². The van der Waals surface area contributed by atoms with Gasteiger partial charge in [-0.1, -0.05) is 6.07 Å². The molecule has 1 aliphatic rings. The minimum absolute atomic E-state index is 0. The second kappa shape index (κ2) is 5.33. The van der Waals surface area contributed by atoms with Crippen LogP contribution in [0.4, 0.5) is 4.39 Å². The van der Waals surface area contributed by atoms with Gasteiger partial charge in [-0.2, -0.15) is 0 Å². The van der Waals surface area contributed by atoms with Gasteiger partial charge < -0.3 is 10.4 Å². The number of rotatable bonds is 1. The SMILES string of the molecule is Cl.Oc1cc(C2CCCNC2)ccc1F. The molecule has 0 aliphatic carbocycles. The zero-order valence-corrected chi connectivity index (χ0v) is 9.19. The number of nitrogens with one attached hydrogen (secondary N) is 1. The van der Waals surface area contributed by atoms with Crippen LogP contribution < -0.4 is 5.32 Å². The number of hydrogen-bond acceptors (Lipinski definition) is 2. The molecule has 1 heterocycles. The average molecular weight is 232 g/mol. The summed E-state index contributed by atoms with van der Waals surface area (Å²) in [4.78, 5) is 0. The predicted octanol–water partition coefficient (Wildman–Crippen LogP) is 2.42. The molecule has 2 rings (SSSR count). The summed E-state index contributed by atoms with van der Waals surface area (Å²) in [6.07, 6.45) is 2.25. The van der Waals surface area contributed by atoms with E-state index in [0.717, 1.165) is 31.5 Å². The van der Waals surface area contributed by atoms with Crippen molar-refractivity contribution < 1.29 is 9.50 Å². The molecule has 4 heteroatoms. The molecule has 0 aromatic heterocycles. The summed E-state index contributed by atoms with van der Waals surface area (Å²) in [7, 11) is 0. The molecule has 2 N–H and O–H groups in total. The van der Waals surface area contributed by atoms with Crippen LogP contribution in [0.1, 0.15) is 24.3 Å². The zero-order valence-electron chi connectivity index (χ0n) is 8.37. The van der Waals surface area contributed by atoms with Gasteiger partial charge in [-0.05, 0) is 43.0 Å². The van der Waals surface area contributed by atoms with E-state index >= 15 is 0 Å². The Hall–Kier alpha value is -0.800. The van der Waals surface area contributed by atoms with Crippen LogP contribution in [0.15, 0.2) is 18.2 Å². The first kappa shape index (κ1) is 12.3. The Morgan fingerprint density at radius 3 is 2.80 bits per heavy atom. The van der Waals surface area contributed by atoms with Crippen LogP contribution in [0.25, 0.3) is 0 Å². The van der Waals surface area contributed by atoms with Crippen LogP contribution >= 0.6 is 12.4 Å². The predicted molar refractivity (Wildman–Crippen MR) is 60.2 cm³/mol. The molecule has 2 nitrogen and oxygen atoms in total. The van der Waals surface area contributed by atoms with Gasteiger partial charge in [0.25, 0.3) is 0 Å². The van der Waals surface area contributed by atoms with Gasteiger partial charge in [-0.25, -0.2) is 4.39 Å². The summed E-state index contributed by atoms with van der Waals surface area (Å²) in [5, 5.41) is 12.5. The van der Waals surface area contributed by atoms with E-state index in [-0.39, 0.29) is 18.2 Å². The highest BCUT2D eigenvalue weighted by Crippen LogP contribution is 2.27. The van der Waals surface area contributed by atoms with Crippen molar-refractivity contribution in [3.8, 4) is 5.75 Å². The van der Waals surface area contributed by atoms with Crippen LogP contribution in [0.5, 0.6) is 5.75 Å². The quantitative estimate of drug-likeness (QED) is 0.778. The molecule has 0 spiro atoms. The van der Waals surface area contributed by atoms with E-state index in [1.165, 1.54) is 12.1 Å². The van der Waals surface area contributed by atoms with Gasteiger partial charge in [-0.15, -0.1) is 12.4 Å². The lowest BCUT2D eigenvalue weighted by Gasteiger charge is -2.23. The summed E-state index contributed by atoms with van der Waals surface area (Å²) < 4.78 is 12.8. The van der Waals surface area contributed by atoms with E-state index in [2.05, 4.69) is 5.32 Å². The number of piperidine rings is 1. The maximum atomic E-state index is 12.8. The first-order chi connectivity index (χ1) is 6.77. The third kappa shape index (κ3) is 2.83. The van der Waals surface area contributed by atoms with E-state index in [9.17, 15) is 9.50 Å². The maximum absolute atomic E-state index is 12.8. The zero-order chi connectivity index (χ0) is 9.97. The van der Waals surface area contributed by atoms with Crippen molar-refractivity contribution in [2.45, 2.75) is 18.8 Å². The molecule has 1 fully saturated rings. The van der Waals surface area contributed by atoms with Crippen LogP contribution in [-0.4, -0.2) is 18.2 Å². The Kier molecular flexibility index (Phi) is 4.36. The third-order valence-corrected chi connectivity index (χ3v) is 2.74. The van der Waals surface area contributed by atoms with Crippen molar-refractivity contribution in [2.24, 2.45) is 0 Å². The molecule has 1 unspecified atom stereocenters. The van der Waals surface area contributed by atoms with Gasteiger partial charge in [0, 0.05) is 6.54 Å². The second-order valence-corrected chi connectivity index (χ2v) is 3.75. The molecule has 15 heavy (non-hydrogen) atoms. The fraction of sp³-hybridized carbons (Fsp3) is 0.455. The number of hydrogen-bond donors (Lipinski definition) is 2. The number of aromatic hydroxyl groups is 1. The molecule has 0 amide bonds. The van der Waals surface area contributed by atoms with Crippen molar-refractivity contribution >= 4 is 12.4 Å². The maximum Gasteiger partial charge on any atom is 0.164 e. The van der Waals surface area contributed by atoms with E-state index in [1.807, 2.05) is 0 Å². The summed E-state index contributed by atoms with van der Waals surface area (Å²) in [6.45, 7) is 1.98. The molecule has 0 saturated carbocycles. The van der Waals surface area contributed by atoms with Crippen molar-refractivity contribution in [3.05, 3.63) is 29.6 Å². The van der Waals surface area contributed by atoms with E-state index in [0.29, 0.717) is 5.92 Å². The smallest absolute Gasteiger partial charge is 0.164 e. The highest BCUT2D eigenvalue weighted by atomic mass is 35.5. The molecule has 1 aromatic rings. The molecule has 1 atom stereocenters. The highest BCUT2D eigenvalue weighted by Gasteiger charge is 2.16. The topological polar surface area (TPSA) is 32.3 Å². The van der Waals surface area contributed by atoms with Crippen molar-refractivity contribution in [1.82, 2.24) is 5.32 Å². The van der Waals surface area contributed by atoms with Gasteiger partial charge in [0.05, 0.1) is 0 Å². The van der Waals surface area contributed by atoms with Crippen LogP contribution in [0.3, 0.4) is 0 Å². The minimum Gasteiger partial charge on any atom is -0.505 e. The molecule has 1 aromatic carbocycles. The second-order valence-electron chi connectivity index (χ2n) is 3.75. The lowest BCUT2D eigenvalue weighted by Crippen LogP contribution is -2.28. The third-order valence-electron chi connectivity index (χ3n) is 2.74. The largest absolute Gasteiger partial charge is 0.505 e. The van der Waals surface area contributed by atoms with Crippen molar-refractivity contribution in [1.29, 1.82) is 0 Å². The van der Waals surface area contributed by atoms with Crippen LogP contribution in [0.2, 0.25) is 0 Å². The van der Waals surface area contributed by atoms with Crippen LogP contribution in [-0.2, 0) is 0 Å². The molecule has 1 aliphatic heterocycles. The van der Waals surface area contributed by atoms with Crippen molar-refractivity contribution in [3.63, 3.8) is 0 Å². The first-order valence-corrected chi connectivity index (χ1v) is 4.96. The standard InChI is InChI=1S/C11H14FNO.ClH/c12-10-4-3-8(6-11(10)14)9-2-1-5-13-7-9;/h3-4,6,9,13-14H,1-2,5,7H2;1H. The number of phenolic OH excluding ortho intramolecular Hbond substituents is 1. The Bertz CT molecular complexity index is 326. The highest BCUT2D eigenvalue weighted by molar-refractivity contribution is 5.85. The van der Waals surface area contributed by atoms with Crippen LogP contribution in [0, 0.1) is 5.82 Å². The molecule has 0 bridgehead atoms. The van der Waals surface area contributed by atoms with Gasteiger partial charge >= 0.3 is 0 Å². The fourth-order valence-corrected chi connectivity index (χ4v) is 1.92. The monoisotopic (exact) mass is 231 g/mol. The summed E-state index contributed by atoms with van der Waals surface area (Å²) in [5.41, 5.74) is 1.02. The molecule has 84 valence electrons. The molecular formula is C11H15ClFNO. The molecular weight excluding hydrogens is 217 g/mol. The average Bonchev–Trinajstić information content (AvgIpc) is 2.23. The fourth-order valence-electron chi connectivity index (χ4n) is 1.92. The van der Waals surface area contributed by atoms with E-state index < -0.39 is 5.82 Å². The van der Waals surface area contributed by atoms with Crippen molar-refractivity contribution in [2.75, 3.05) is 13.1 Å². The summed E-state index contributed by atoms with van der Waals surface area (Å²) >= 11 is 0. The van der Waals surface area contributed by atoms with Gasteiger partial charge in [0.2, 0.25) is 0 Å². The normalized spacial score (nSPS) is 20.7. The summed E-state index contributed by atoms with van der Waals surface area (Å²) in [5.74, 6) is -0.374. The Morgan fingerprint density at radius 2 is 2.20 bits per heavy atom. The lowest BCUT2D eigenvalue weighted by atomic mass is 9.91. The number of benzene rings is 1. The summed E-state index contributed by atoms with van der Waals surface area (Å²) in [6, 6.07) is 4.62. The molecule has 0 radical (unpaired) electrons. The number of phenols is 1. The van der Waals surface area contributed by atoms with Gasteiger partial charge in [0.15, 0.2) is 11.6 Å². The van der Waals surface area contributed by atoms with E-state index in [4.69, 9.17) is 0 Å². The first-order valence-electron chi connectivity index (χ1n) is 4.96. The number of halogens is 2. The lowest BCUT2D eigenvalue weighted by molar-refractivity contribution is 0.425. The Labute approximate surface area is 94.9 Å².